The molecule has 1 amide bonds. The van der Waals surface area contributed by atoms with E-state index >= 15 is 0 Å². The predicted molar refractivity (Wildman–Crippen MR) is 165 cm³/mol. The first-order valence-corrected chi connectivity index (χ1v) is 14.0. The van der Waals surface area contributed by atoms with E-state index in [-0.39, 0.29) is 24.7 Å². The number of halogens is 1. The maximum atomic E-state index is 12.6. The van der Waals surface area contributed by atoms with Gasteiger partial charge in [0, 0.05) is 39.2 Å². The van der Waals surface area contributed by atoms with Crippen LogP contribution in [-0.4, -0.2) is 21.6 Å². The summed E-state index contributed by atoms with van der Waals surface area (Å²) >= 11 is 3.42. The average Bonchev–Trinajstić information content (AvgIpc) is 3.62. The Hall–Kier alpha value is -5.16. The van der Waals surface area contributed by atoms with Crippen molar-refractivity contribution in [2.75, 3.05) is 0 Å². The highest BCUT2D eigenvalue weighted by Crippen LogP contribution is 2.24. The Bertz CT molecular complexity index is 1770. The lowest BCUT2D eigenvalue weighted by atomic mass is 10.2. The third-order valence-corrected chi connectivity index (χ3v) is 6.98. The highest BCUT2D eigenvalue weighted by Gasteiger charge is 2.12. The Balaban J connectivity index is 1.16. The van der Waals surface area contributed by atoms with Crippen LogP contribution < -0.4 is 14.9 Å². The zero-order chi connectivity index (χ0) is 30.3. The molecular formula is C32H27BrN4O6. The fraction of sp³-hybridized carbons (Fsp3) is 0.125. The topological polar surface area (TPSA) is 121 Å². The molecule has 0 spiro atoms. The monoisotopic (exact) mass is 642 g/mol. The molecule has 0 unspecified atom stereocenters. The smallest absolute Gasteiger partial charge is 0.307 e. The number of ether oxygens (including phenoxy) is 2. The quantitative estimate of drug-likeness (QED) is 0.0918. The summed E-state index contributed by atoms with van der Waals surface area (Å²) in [5.41, 5.74) is 7.02. The van der Waals surface area contributed by atoms with Crippen molar-refractivity contribution < 1.29 is 23.6 Å². The molecule has 0 bridgehead atoms. The molecule has 0 radical (unpaired) electrons. The van der Waals surface area contributed by atoms with Gasteiger partial charge in [0.25, 0.3) is 5.69 Å². The summed E-state index contributed by atoms with van der Waals surface area (Å²) in [5.74, 6) is 1.20. The van der Waals surface area contributed by atoms with Crippen molar-refractivity contribution in [1.29, 1.82) is 0 Å². The van der Waals surface area contributed by atoms with Crippen molar-refractivity contribution in [1.82, 2.24) is 9.99 Å². The second-order valence-corrected chi connectivity index (χ2v) is 10.5. The number of hydrogen-bond acceptors (Lipinski definition) is 7. The minimum Gasteiger partial charge on any atom is -0.488 e. The molecule has 3 aromatic carbocycles. The van der Waals surface area contributed by atoms with Crippen molar-refractivity contribution in [2.45, 2.75) is 27.1 Å². The number of nitrogens with one attached hydrogen (secondary N) is 1. The number of nitro groups is 1. The molecule has 10 nitrogen and oxygen atoms in total. The van der Waals surface area contributed by atoms with Crippen LogP contribution >= 0.6 is 15.9 Å². The molecule has 2 aromatic heterocycles. The van der Waals surface area contributed by atoms with E-state index in [1.165, 1.54) is 18.3 Å². The van der Waals surface area contributed by atoms with Gasteiger partial charge in [-0.2, -0.15) is 5.10 Å². The van der Waals surface area contributed by atoms with E-state index in [1.807, 2.05) is 24.3 Å². The number of furan rings is 1. The summed E-state index contributed by atoms with van der Waals surface area (Å²) in [6.07, 6.45) is 1.44. The van der Waals surface area contributed by atoms with Crippen molar-refractivity contribution in [3.05, 3.63) is 140 Å². The third-order valence-electron chi connectivity index (χ3n) is 6.49. The van der Waals surface area contributed by atoms with Crippen LogP contribution in [0.3, 0.4) is 0 Å². The molecule has 1 N–H and O–H groups in total. The zero-order valence-electron chi connectivity index (χ0n) is 23.3. The number of aromatic nitrogens is 1. The van der Waals surface area contributed by atoms with Crippen LogP contribution in [0.5, 0.6) is 11.5 Å². The highest BCUT2D eigenvalue weighted by atomic mass is 79.9. The maximum Gasteiger partial charge on any atom is 0.307 e. The van der Waals surface area contributed by atoms with Gasteiger partial charge < -0.3 is 18.5 Å². The molecule has 11 heteroatoms. The van der Waals surface area contributed by atoms with Gasteiger partial charge >= 0.3 is 5.91 Å². The number of amides is 1. The SMILES string of the molecule is Cc1ccc(C)n1-c1ccc(OCc2ccc(C(=O)N/N=C/c3cc(Br)ccc3OCc3cccc([N+](=O)[O-])c3)o2)cc1. The van der Waals surface area contributed by atoms with Crippen LogP contribution in [0.25, 0.3) is 5.69 Å². The number of rotatable bonds is 11. The van der Waals surface area contributed by atoms with E-state index in [1.54, 1.807) is 42.5 Å². The van der Waals surface area contributed by atoms with E-state index in [0.717, 1.165) is 21.5 Å². The Morgan fingerprint density at radius 1 is 0.977 bits per heavy atom. The molecule has 0 aliphatic rings. The molecule has 0 fully saturated rings. The summed E-state index contributed by atoms with van der Waals surface area (Å²) in [6, 6.07) is 26.7. The van der Waals surface area contributed by atoms with Gasteiger partial charge in [-0.05, 0) is 86.1 Å². The van der Waals surface area contributed by atoms with E-state index in [9.17, 15) is 14.9 Å². The summed E-state index contributed by atoms with van der Waals surface area (Å²) in [6.45, 7) is 4.39. The van der Waals surface area contributed by atoms with Gasteiger partial charge in [-0.1, -0.05) is 28.1 Å². The fourth-order valence-electron chi connectivity index (χ4n) is 4.39. The Morgan fingerprint density at radius 3 is 2.49 bits per heavy atom. The standard InChI is InChI=1S/C32H27BrN4O6/c1-21-6-7-22(2)36(21)26-9-11-28(12-10-26)41-20-29-13-15-31(43-29)32(38)35-34-18-24-17-25(33)8-14-30(24)42-19-23-4-3-5-27(16-23)37(39)40/h3-18H,19-20H2,1-2H3,(H,35,38)/b34-18+. The largest absolute Gasteiger partial charge is 0.488 e. The zero-order valence-corrected chi connectivity index (χ0v) is 24.9. The number of aryl methyl sites for hydroxylation is 2. The number of nitro benzene ring substituents is 1. The molecule has 5 aromatic rings. The van der Waals surface area contributed by atoms with Crippen molar-refractivity contribution in [2.24, 2.45) is 5.10 Å². The number of carbonyl (C=O) groups excluding carboxylic acids is 1. The normalized spacial score (nSPS) is 11.0. The first-order valence-electron chi connectivity index (χ1n) is 13.2. The minimum atomic E-state index is -0.529. The van der Waals surface area contributed by atoms with Crippen LogP contribution in [0, 0.1) is 24.0 Å². The Kier molecular flexibility index (Phi) is 9.02. The van der Waals surface area contributed by atoms with E-state index < -0.39 is 10.8 Å². The van der Waals surface area contributed by atoms with Gasteiger partial charge in [-0.15, -0.1) is 0 Å². The minimum absolute atomic E-state index is 0.0125. The lowest BCUT2D eigenvalue weighted by molar-refractivity contribution is -0.384. The van der Waals surface area contributed by atoms with E-state index in [0.29, 0.717) is 28.4 Å². The summed E-state index contributed by atoms with van der Waals surface area (Å²) in [7, 11) is 0. The van der Waals surface area contributed by atoms with Crippen LogP contribution in [0.1, 0.15) is 38.8 Å². The molecule has 2 heterocycles. The molecular weight excluding hydrogens is 616 g/mol. The number of nitrogens with zero attached hydrogens (tertiary/aromatic N) is 3. The van der Waals surface area contributed by atoms with E-state index in [2.05, 4.69) is 57.0 Å². The number of benzene rings is 3. The number of hydrazone groups is 1. The Morgan fingerprint density at radius 2 is 1.74 bits per heavy atom. The number of carbonyl (C=O) groups is 1. The lowest BCUT2D eigenvalue weighted by Crippen LogP contribution is -2.16. The van der Waals surface area contributed by atoms with Gasteiger partial charge in [0.15, 0.2) is 5.76 Å². The Labute approximate surface area is 255 Å². The van der Waals surface area contributed by atoms with Crippen LogP contribution in [0.2, 0.25) is 0 Å². The molecule has 0 aliphatic carbocycles. The predicted octanol–water partition coefficient (Wildman–Crippen LogP) is 7.28. The van der Waals surface area contributed by atoms with Gasteiger partial charge in [0.1, 0.15) is 30.5 Å². The number of hydrogen-bond donors (Lipinski definition) is 1. The molecule has 0 saturated carbocycles. The van der Waals surface area contributed by atoms with Gasteiger partial charge in [0.05, 0.1) is 11.1 Å². The van der Waals surface area contributed by atoms with Gasteiger partial charge in [0.2, 0.25) is 0 Å². The molecule has 43 heavy (non-hydrogen) atoms. The second-order valence-electron chi connectivity index (χ2n) is 9.60. The summed E-state index contributed by atoms with van der Waals surface area (Å²) in [5, 5.41) is 15.1. The van der Waals surface area contributed by atoms with Crippen LogP contribution in [0.15, 0.2) is 105 Å². The average molecular weight is 643 g/mol. The molecule has 5 rings (SSSR count). The lowest BCUT2D eigenvalue weighted by Gasteiger charge is -2.10. The van der Waals surface area contributed by atoms with Crippen molar-refractivity contribution in [3.63, 3.8) is 0 Å². The van der Waals surface area contributed by atoms with Crippen LogP contribution in [-0.2, 0) is 13.2 Å². The summed E-state index contributed by atoms with van der Waals surface area (Å²) < 4.78 is 20.3. The summed E-state index contributed by atoms with van der Waals surface area (Å²) in [4.78, 5) is 23.2. The van der Waals surface area contributed by atoms with Gasteiger partial charge in [-0.3, -0.25) is 14.9 Å². The second kappa shape index (κ2) is 13.2. The highest BCUT2D eigenvalue weighted by molar-refractivity contribution is 9.10. The third kappa shape index (κ3) is 7.38. The molecule has 0 aliphatic heterocycles. The number of non-ortho nitro benzene ring substituents is 1. The maximum absolute atomic E-state index is 12.6. The van der Waals surface area contributed by atoms with Crippen LogP contribution in [0.4, 0.5) is 5.69 Å². The molecule has 218 valence electrons. The fourth-order valence-corrected chi connectivity index (χ4v) is 4.77. The molecule has 0 saturated heterocycles. The molecule has 0 atom stereocenters. The van der Waals surface area contributed by atoms with Crippen molar-refractivity contribution in [3.8, 4) is 17.2 Å². The first-order chi connectivity index (χ1) is 20.8. The first kappa shape index (κ1) is 29.3. The van der Waals surface area contributed by atoms with Crippen molar-refractivity contribution >= 4 is 33.7 Å². The van der Waals surface area contributed by atoms with E-state index in [4.69, 9.17) is 13.9 Å². The van der Waals surface area contributed by atoms with Gasteiger partial charge in [-0.25, -0.2) is 5.43 Å².